The molecule has 0 spiro atoms. The Balaban J connectivity index is 2.51. The number of aryl methyl sites for hydroxylation is 2. The SMILES string of the molecule is O=C(O)c1cc([N+](=O)[O-])c2c3c(cccc13)CC2. The summed E-state index contributed by atoms with van der Waals surface area (Å²) in [5, 5.41) is 21.6. The predicted octanol–water partition coefficient (Wildman–Crippen LogP) is 2.54. The van der Waals surface area contributed by atoms with Crippen LogP contribution in [-0.4, -0.2) is 16.0 Å². The number of carboxylic acids is 1. The minimum atomic E-state index is -1.13. The van der Waals surface area contributed by atoms with Gasteiger partial charge in [0.25, 0.3) is 5.69 Å². The standard InChI is InChI=1S/C13H9NO4/c15-13(16)10-6-11(14(17)18)9-5-4-7-2-1-3-8(10)12(7)9/h1-3,6H,4-5H2,(H,15,16). The molecule has 5 heteroatoms. The Kier molecular flexibility index (Phi) is 2.10. The number of aromatic carboxylic acids is 1. The Morgan fingerprint density at radius 3 is 2.78 bits per heavy atom. The highest BCUT2D eigenvalue weighted by molar-refractivity contribution is 6.08. The van der Waals surface area contributed by atoms with Crippen LogP contribution in [-0.2, 0) is 12.8 Å². The zero-order valence-corrected chi connectivity index (χ0v) is 9.34. The van der Waals surface area contributed by atoms with Gasteiger partial charge in [0, 0.05) is 11.6 Å². The minimum absolute atomic E-state index is 0.00389. The third-order valence-electron chi connectivity index (χ3n) is 3.40. The van der Waals surface area contributed by atoms with Gasteiger partial charge in [-0.1, -0.05) is 18.2 Å². The van der Waals surface area contributed by atoms with Gasteiger partial charge in [-0.3, -0.25) is 10.1 Å². The summed E-state index contributed by atoms with van der Waals surface area (Å²) in [6, 6.07) is 6.58. The summed E-state index contributed by atoms with van der Waals surface area (Å²) in [4.78, 5) is 21.7. The number of carbonyl (C=O) groups is 1. The van der Waals surface area contributed by atoms with E-state index in [4.69, 9.17) is 5.11 Å². The van der Waals surface area contributed by atoms with Gasteiger partial charge in [-0.25, -0.2) is 4.79 Å². The molecule has 5 nitrogen and oxygen atoms in total. The first-order valence-corrected chi connectivity index (χ1v) is 5.54. The summed E-state index contributed by atoms with van der Waals surface area (Å²) in [6.45, 7) is 0. The number of hydrogen-bond acceptors (Lipinski definition) is 3. The maximum atomic E-state index is 11.2. The first kappa shape index (κ1) is 10.7. The molecular formula is C13H9NO4. The van der Waals surface area contributed by atoms with Crippen molar-refractivity contribution >= 4 is 22.4 Å². The van der Waals surface area contributed by atoms with E-state index in [1.165, 1.54) is 6.07 Å². The molecule has 0 heterocycles. The van der Waals surface area contributed by atoms with E-state index in [-0.39, 0.29) is 11.3 Å². The number of nitro benzene ring substituents is 1. The third kappa shape index (κ3) is 1.30. The molecule has 0 radical (unpaired) electrons. The fraction of sp³-hybridized carbons (Fsp3) is 0.154. The van der Waals surface area contributed by atoms with Crippen molar-refractivity contribution in [2.45, 2.75) is 12.8 Å². The molecule has 0 aliphatic heterocycles. The van der Waals surface area contributed by atoms with Crippen LogP contribution in [0.5, 0.6) is 0 Å². The first-order chi connectivity index (χ1) is 8.59. The Hall–Kier alpha value is -2.43. The average molecular weight is 243 g/mol. The quantitative estimate of drug-likeness (QED) is 0.649. The van der Waals surface area contributed by atoms with Crippen molar-refractivity contribution in [1.29, 1.82) is 0 Å². The highest BCUT2D eigenvalue weighted by Crippen LogP contribution is 2.38. The van der Waals surface area contributed by atoms with E-state index in [9.17, 15) is 14.9 Å². The van der Waals surface area contributed by atoms with Gasteiger partial charge in [0.2, 0.25) is 0 Å². The molecule has 0 atom stereocenters. The molecule has 0 aromatic heterocycles. The van der Waals surface area contributed by atoms with Crippen molar-refractivity contribution in [3.8, 4) is 0 Å². The first-order valence-electron chi connectivity index (χ1n) is 5.54. The Bertz CT molecular complexity index is 706. The summed E-state index contributed by atoms with van der Waals surface area (Å²) < 4.78 is 0. The maximum absolute atomic E-state index is 11.2. The van der Waals surface area contributed by atoms with Gasteiger partial charge in [-0.2, -0.15) is 0 Å². The van der Waals surface area contributed by atoms with E-state index < -0.39 is 10.9 Å². The van der Waals surface area contributed by atoms with Crippen LogP contribution < -0.4 is 0 Å². The van der Waals surface area contributed by atoms with Gasteiger partial charge in [0.15, 0.2) is 0 Å². The lowest BCUT2D eigenvalue weighted by molar-refractivity contribution is -0.385. The van der Waals surface area contributed by atoms with Crippen LogP contribution in [0.4, 0.5) is 5.69 Å². The smallest absolute Gasteiger partial charge is 0.336 e. The van der Waals surface area contributed by atoms with Crippen LogP contribution in [0.2, 0.25) is 0 Å². The van der Waals surface area contributed by atoms with E-state index in [0.717, 1.165) is 17.4 Å². The molecular weight excluding hydrogens is 234 g/mol. The van der Waals surface area contributed by atoms with Crippen LogP contribution in [0.15, 0.2) is 24.3 Å². The summed E-state index contributed by atoms with van der Waals surface area (Å²) in [7, 11) is 0. The number of hydrogen-bond donors (Lipinski definition) is 1. The van der Waals surface area contributed by atoms with Crippen molar-refractivity contribution in [2.24, 2.45) is 0 Å². The second-order valence-electron chi connectivity index (χ2n) is 4.32. The molecule has 1 aliphatic rings. The van der Waals surface area contributed by atoms with Crippen molar-refractivity contribution in [3.05, 3.63) is 51.1 Å². The number of carboxylic acid groups (broad SMARTS) is 1. The maximum Gasteiger partial charge on any atom is 0.336 e. The zero-order valence-electron chi connectivity index (χ0n) is 9.34. The normalized spacial score (nSPS) is 12.9. The van der Waals surface area contributed by atoms with Crippen molar-refractivity contribution in [3.63, 3.8) is 0 Å². The van der Waals surface area contributed by atoms with Crippen LogP contribution in [0.3, 0.4) is 0 Å². The van der Waals surface area contributed by atoms with Gasteiger partial charge in [0.05, 0.1) is 10.5 Å². The number of benzene rings is 2. The fourth-order valence-electron chi connectivity index (χ4n) is 2.67. The van der Waals surface area contributed by atoms with Crippen molar-refractivity contribution < 1.29 is 14.8 Å². The number of nitro groups is 1. The summed E-state index contributed by atoms with van der Waals surface area (Å²) in [6.07, 6.45) is 1.34. The van der Waals surface area contributed by atoms with Gasteiger partial charge in [0.1, 0.15) is 0 Å². The fourth-order valence-corrected chi connectivity index (χ4v) is 2.67. The molecule has 0 unspecified atom stereocenters. The zero-order chi connectivity index (χ0) is 12.9. The Morgan fingerprint density at radius 1 is 1.33 bits per heavy atom. The van der Waals surface area contributed by atoms with Gasteiger partial charge in [-0.15, -0.1) is 0 Å². The predicted molar refractivity (Wildman–Crippen MR) is 65.0 cm³/mol. The third-order valence-corrected chi connectivity index (χ3v) is 3.40. The van der Waals surface area contributed by atoms with Gasteiger partial charge >= 0.3 is 5.97 Å². The average Bonchev–Trinajstić information content (AvgIpc) is 2.75. The highest BCUT2D eigenvalue weighted by Gasteiger charge is 2.27. The molecule has 0 fully saturated rings. The van der Waals surface area contributed by atoms with Crippen molar-refractivity contribution in [1.82, 2.24) is 0 Å². The lowest BCUT2D eigenvalue weighted by atomic mass is 9.98. The topological polar surface area (TPSA) is 80.4 Å². The second-order valence-corrected chi connectivity index (χ2v) is 4.32. The molecule has 1 aliphatic carbocycles. The second kappa shape index (κ2) is 3.53. The lowest BCUT2D eigenvalue weighted by Gasteiger charge is -2.06. The van der Waals surface area contributed by atoms with E-state index in [0.29, 0.717) is 17.4 Å². The van der Waals surface area contributed by atoms with E-state index in [1.807, 2.05) is 6.07 Å². The summed E-state index contributed by atoms with van der Waals surface area (Å²) in [5.41, 5.74) is 1.58. The van der Waals surface area contributed by atoms with Crippen LogP contribution >= 0.6 is 0 Å². The van der Waals surface area contributed by atoms with E-state index >= 15 is 0 Å². The van der Waals surface area contributed by atoms with Crippen LogP contribution in [0, 0.1) is 10.1 Å². The number of rotatable bonds is 2. The van der Waals surface area contributed by atoms with Crippen LogP contribution in [0.1, 0.15) is 21.5 Å². The monoisotopic (exact) mass is 243 g/mol. The molecule has 1 N–H and O–H groups in total. The minimum Gasteiger partial charge on any atom is -0.478 e. The van der Waals surface area contributed by atoms with Gasteiger partial charge < -0.3 is 5.11 Å². The molecule has 0 saturated heterocycles. The van der Waals surface area contributed by atoms with Crippen molar-refractivity contribution in [2.75, 3.05) is 0 Å². The Labute approximate surface area is 102 Å². The molecule has 0 bridgehead atoms. The molecule has 0 amide bonds. The Morgan fingerprint density at radius 2 is 2.11 bits per heavy atom. The van der Waals surface area contributed by atoms with Gasteiger partial charge in [-0.05, 0) is 29.2 Å². The largest absolute Gasteiger partial charge is 0.478 e. The summed E-state index contributed by atoms with van der Waals surface area (Å²) >= 11 is 0. The molecule has 3 rings (SSSR count). The summed E-state index contributed by atoms with van der Waals surface area (Å²) in [5.74, 6) is -1.13. The molecule has 0 saturated carbocycles. The van der Waals surface area contributed by atoms with E-state index in [2.05, 4.69) is 0 Å². The molecule has 90 valence electrons. The van der Waals surface area contributed by atoms with Crippen LogP contribution in [0.25, 0.3) is 10.8 Å². The van der Waals surface area contributed by atoms with E-state index in [1.54, 1.807) is 12.1 Å². The highest BCUT2D eigenvalue weighted by atomic mass is 16.6. The molecule has 18 heavy (non-hydrogen) atoms. The number of nitrogens with zero attached hydrogens (tertiary/aromatic N) is 1. The lowest BCUT2D eigenvalue weighted by Crippen LogP contribution is -2.02. The molecule has 2 aromatic carbocycles. The molecule has 2 aromatic rings.